The Hall–Kier alpha value is -0.770. The van der Waals surface area contributed by atoms with Gasteiger partial charge in [-0.05, 0) is 38.0 Å². The van der Waals surface area contributed by atoms with Gasteiger partial charge in [0.05, 0.1) is 0 Å². The number of hydrogen-bond donors (Lipinski definition) is 2. The minimum atomic E-state index is -0.168. The van der Waals surface area contributed by atoms with E-state index in [-0.39, 0.29) is 16.7 Å². The third kappa shape index (κ3) is 1.35. The summed E-state index contributed by atoms with van der Waals surface area (Å²) in [6, 6.07) is 0. The fourth-order valence-corrected chi connectivity index (χ4v) is 4.58. The van der Waals surface area contributed by atoms with Gasteiger partial charge in [0.1, 0.15) is 11.4 Å². The van der Waals surface area contributed by atoms with E-state index in [1.807, 2.05) is 0 Å². The lowest BCUT2D eigenvalue weighted by molar-refractivity contribution is 0.172. The maximum absolute atomic E-state index is 9.10. The molecule has 2 unspecified atom stereocenters. The molecule has 0 radical (unpaired) electrons. The smallest absolute Gasteiger partial charge is 0.108 e. The third-order valence-corrected chi connectivity index (χ3v) is 4.83. The van der Waals surface area contributed by atoms with E-state index >= 15 is 0 Å². The van der Waals surface area contributed by atoms with Crippen LogP contribution < -0.4 is 0 Å². The molecule has 0 saturated heterocycles. The molecule has 4 rings (SSSR count). The number of fused-ring (bicyclic) bond motifs is 1. The Morgan fingerprint density at radius 1 is 1.00 bits per heavy atom. The van der Waals surface area contributed by atoms with Gasteiger partial charge in [0.15, 0.2) is 0 Å². The zero-order valence-corrected chi connectivity index (χ0v) is 9.69. The van der Waals surface area contributed by atoms with E-state index in [4.69, 9.17) is 22.0 Å². The van der Waals surface area contributed by atoms with Crippen molar-refractivity contribution in [3.63, 3.8) is 0 Å². The van der Waals surface area contributed by atoms with Crippen molar-refractivity contribution in [1.82, 2.24) is 0 Å². The van der Waals surface area contributed by atoms with Crippen LogP contribution in [0.3, 0.4) is 0 Å². The highest BCUT2D eigenvalue weighted by Gasteiger charge is 2.52. The number of halogens is 1. The second-order valence-corrected chi connectivity index (χ2v) is 6.27. The van der Waals surface area contributed by atoms with Gasteiger partial charge < -0.3 is 10.4 Å². The van der Waals surface area contributed by atoms with Gasteiger partial charge in [0.25, 0.3) is 0 Å². The van der Waals surface area contributed by atoms with Gasteiger partial charge >= 0.3 is 0 Å². The SMILES string of the molecule is O/N=C1\C(=N/O)C2CC3CC1CC(Cl)(C3)C2. The molecule has 2 N–H and O–H groups in total. The summed E-state index contributed by atoms with van der Waals surface area (Å²) in [6.45, 7) is 0. The second kappa shape index (κ2) is 3.36. The first-order chi connectivity index (χ1) is 7.65. The fraction of sp³-hybridized carbons (Fsp3) is 0.818. The van der Waals surface area contributed by atoms with Crippen molar-refractivity contribution in [3.8, 4) is 0 Å². The molecule has 4 aliphatic carbocycles. The Morgan fingerprint density at radius 3 is 1.88 bits per heavy atom. The van der Waals surface area contributed by atoms with Crippen LogP contribution in [0.25, 0.3) is 0 Å². The highest BCUT2D eigenvalue weighted by atomic mass is 35.5. The number of oxime groups is 2. The molecule has 2 atom stereocenters. The molecular weight excluding hydrogens is 228 g/mol. The van der Waals surface area contributed by atoms with E-state index in [9.17, 15) is 0 Å². The van der Waals surface area contributed by atoms with Crippen molar-refractivity contribution in [3.05, 3.63) is 0 Å². The summed E-state index contributed by atoms with van der Waals surface area (Å²) in [6.07, 6.45) is 4.78. The number of alkyl halides is 1. The van der Waals surface area contributed by atoms with Gasteiger partial charge in [-0.25, -0.2) is 0 Å². The maximum atomic E-state index is 9.10. The zero-order chi connectivity index (χ0) is 11.3. The standard InChI is InChI=1S/C11H15ClN2O2/c12-11-3-6-1-7(4-11)9(13-15)10(14-16)8(2-6)5-11/h6-8,15-16H,1-5H2/b13-9-,14-10-. The van der Waals surface area contributed by atoms with Crippen molar-refractivity contribution in [2.75, 3.05) is 0 Å². The second-order valence-electron chi connectivity index (χ2n) is 5.47. The summed E-state index contributed by atoms with van der Waals surface area (Å²) >= 11 is 6.61. The summed E-state index contributed by atoms with van der Waals surface area (Å²) in [4.78, 5) is -0.168. The summed E-state index contributed by atoms with van der Waals surface area (Å²) in [5, 5.41) is 24.9. The molecule has 4 saturated carbocycles. The third-order valence-electron chi connectivity index (χ3n) is 4.37. The Morgan fingerprint density at radius 2 is 1.50 bits per heavy atom. The molecule has 0 aromatic heterocycles. The number of rotatable bonds is 0. The summed E-state index contributed by atoms with van der Waals surface area (Å²) < 4.78 is 0. The van der Waals surface area contributed by atoms with Crippen LogP contribution in [0.4, 0.5) is 0 Å². The summed E-state index contributed by atoms with van der Waals surface area (Å²) in [5.41, 5.74) is 1.13. The van der Waals surface area contributed by atoms with Crippen molar-refractivity contribution in [1.29, 1.82) is 0 Å². The highest BCUT2D eigenvalue weighted by molar-refractivity contribution is 6.44. The molecule has 88 valence electrons. The molecule has 5 heteroatoms. The van der Waals surface area contributed by atoms with Crippen LogP contribution in [0.5, 0.6) is 0 Å². The Bertz CT molecular complexity index is 350. The number of hydrogen-bond acceptors (Lipinski definition) is 4. The quantitative estimate of drug-likeness (QED) is 0.389. The average Bonchev–Trinajstić information content (AvgIpc) is 2.36. The molecular formula is C11H15ClN2O2. The molecule has 0 heterocycles. The molecule has 0 aliphatic heterocycles. The average molecular weight is 243 g/mol. The number of nitrogens with zero attached hydrogens (tertiary/aromatic N) is 2. The Kier molecular flexibility index (Phi) is 2.18. The first-order valence-corrected chi connectivity index (χ1v) is 6.16. The normalized spacial score (nSPS) is 51.2. The van der Waals surface area contributed by atoms with Gasteiger partial charge in [-0.2, -0.15) is 0 Å². The molecule has 4 aliphatic rings. The minimum Gasteiger partial charge on any atom is -0.411 e. The molecule has 0 amide bonds. The van der Waals surface area contributed by atoms with Crippen LogP contribution in [0.2, 0.25) is 0 Å². The molecule has 4 bridgehead atoms. The van der Waals surface area contributed by atoms with E-state index in [0.29, 0.717) is 17.3 Å². The first kappa shape index (κ1) is 10.4. The van der Waals surface area contributed by atoms with Crippen LogP contribution in [-0.4, -0.2) is 26.7 Å². The minimum absolute atomic E-state index is 0.166. The van der Waals surface area contributed by atoms with Crippen LogP contribution >= 0.6 is 11.6 Å². The molecule has 0 aromatic rings. The van der Waals surface area contributed by atoms with E-state index in [1.54, 1.807) is 0 Å². The van der Waals surface area contributed by atoms with Crippen LogP contribution in [0, 0.1) is 17.8 Å². The van der Waals surface area contributed by atoms with E-state index in [0.717, 1.165) is 32.1 Å². The van der Waals surface area contributed by atoms with Gasteiger partial charge in [0, 0.05) is 16.7 Å². The molecule has 4 fully saturated rings. The van der Waals surface area contributed by atoms with E-state index in [1.165, 1.54) is 0 Å². The van der Waals surface area contributed by atoms with Gasteiger partial charge in [-0.15, -0.1) is 11.6 Å². The fourth-order valence-electron chi connectivity index (χ4n) is 3.99. The summed E-state index contributed by atoms with van der Waals surface area (Å²) in [5.74, 6) is 0.922. The monoisotopic (exact) mass is 242 g/mol. The lowest BCUT2D eigenvalue weighted by Crippen LogP contribution is -2.39. The highest BCUT2D eigenvalue weighted by Crippen LogP contribution is 2.54. The van der Waals surface area contributed by atoms with Crippen molar-refractivity contribution < 1.29 is 10.4 Å². The van der Waals surface area contributed by atoms with Crippen molar-refractivity contribution in [2.24, 2.45) is 28.1 Å². The van der Waals surface area contributed by atoms with Crippen LogP contribution in [0.1, 0.15) is 32.1 Å². The van der Waals surface area contributed by atoms with E-state index < -0.39 is 0 Å². The molecule has 4 nitrogen and oxygen atoms in total. The topological polar surface area (TPSA) is 65.2 Å². The largest absolute Gasteiger partial charge is 0.411 e. The lowest BCUT2D eigenvalue weighted by atomic mass is 9.67. The van der Waals surface area contributed by atoms with Gasteiger partial charge in [0.2, 0.25) is 0 Å². The van der Waals surface area contributed by atoms with Gasteiger partial charge in [-0.3, -0.25) is 0 Å². The zero-order valence-electron chi connectivity index (χ0n) is 8.93. The van der Waals surface area contributed by atoms with Crippen molar-refractivity contribution in [2.45, 2.75) is 37.0 Å². The van der Waals surface area contributed by atoms with Gasteiger partial charge in [-0.1, -0.05) is 10.3 Å². The molecule has 16 heavy (non-hydrogen) atoms. The van der Waals surface area contributed by atoms with E-state index in [2.05, 4.69) is 10.3 Å². The Labute approximate surface area is 99.0 Å². The molecule has 0 aromatic carbocycles. The lowest BCUT2D eigenvalue weighted by Gasteiger charge is -2.43. The summed E-state index contributed by atoms with van der Waals surface area (Å²) in [7, 11) is 0. The van der Waals surface area contributed by atoms with Crippen LogP contribution in [-0.2, 0) is 0 Å². The first-order valence-electron chi connectivity index (χ1n) is 5.78. The van der Waals surface area contributed by atoms with Crippen molar-refractivity contribution >= 4 is 23.0 Å². The molecule has 0 spiro atoms. The Balaban J connectivity index is 2.09. The predicted molar refractivity (Wildman–Crippen MR) is 60.6 cm³/mol. The predicted octanol–water partition coefficient (Wildman–Crippen LogP) is 2.46. The maximum Gasteiger partial charge on any atom is 0.108 e. The van der Waals surface area contributed by atoms with Crippen LogP contribution in [0.15, 0.2) is 10.3 Å².